The van der Waals surface area contributed by atoms with Crippen molar-refractivity contribution in [3.05, 3.63) is 101 Å². The van der Waals surface area contributed by atoms with Crippen LogP contribution < -0.4 is 10.6 Å². The van der Waals surface area contributed by atoms with Crippen LogP contribution >= 0.6 is 11.6 Å². The fourth-order valence-corrected chi connectivity index (χ4v) is 3.53. The Hall–Kier alpha value is -4.10. The number of benzene rings is 2. The summed E-state index contributed by atoms with van der Waals surface area (Å²) in [6, 6.07) is 24.1. The third-order valence-electron chi connectivity index (χ3n) is 4.89. The molecule has 2 N–H and O–H groups in total. The second kappa shape index (κ2) is 8.56. The van der Waals surface area contributed by atoms with E-state index in [1.165, 1.54) is 0 Å². The molecule has 32 heavy (non-hydrogen) atoms. The molecule has 0 saturated heterocycles. The van der Waals surface area contributed by atoms with E-state index in [4.69, 9.17) is 16.0 Å². The minimum Gasteiger partial charge on any atom is -0.467 e. The third kappa shape index (κ3) is 4.19. The molecule has 3 aromatic heterocycles. The summed E-state index contributed by atoms with van der Waals surface area (Å²) in [6.07, 6.45) is 1.58. The SMILES string of the molecule is O=C(NCc1ccco1)c1ccc(Nc2nc3cccc(-c4cccc(Cl)c4)n3n2)cc1. The molecule has 0 unspecified atom stereocenters. The van der Waals surface area contributed by atoms with Gasteiger partial charge in [-0.2, -0.15) is 4.98 Å². The summed E-state index contributed by atoms with van der Waals surface area (Å²) >= 11 is 6.15. The number of pyridine rings is 1. The summed E-state index contributed by atoms with van der Waals surface area (Å²) in [5.74, 6) is 0.978. The molecule has 8 heteroatoms. The van der Waals surface area contributed by atoms with Crippen molar-refractivity contribution in [3.8, 4) is 11.3 Å². The summed E-state index contributed by atoms with van der Waals surface area (Å²) in [5, 5.41) is 11.3. The summed E-state index contributed by atoms with van der Waals surface area (Å²) < 4.78 is 6.99. The van der Waals surface area contributed by atoms with E-state index in [1.54, 1.807) is 29.0 Å². The van der Waals surface area contributed by atoms with E-state index in [-0.39, 0.29) is 5.91 Å². The van der Waals surface area contributed by atoms with Crippen LogP contribution in [-0.4, -0.2) is 20.5 Å². The van der Waals surface area contributed by atoms with Crippen molar-refractivity contribution in [2.45, 2.75) is 6.54 Å². The van der Waals surface area contributed by atoms with Gasteiger partial charge in [0.1, 0.15) is 5.76 Å². The number of anilines is 2. The van der Waals surface area contributed by atoms with Crippen molar-refractivity contribution in [1.82, 2.24) is 19.9 Å². The Morgan fingerprint density at radius 2 is 1.84 bits per heavy atom. The Morgan fingerprint density at radius 1 is 1.00 bits per heavy atom. The zero-order valence-corrected chi connectivity index (χ0v) is 17.6. The zero-order valence-electron chi connectivity index (χ0n) is 16.8. The van der Waals surface area contributed by atoms with E-state index in [2.05, 4.69) is 20.7 Å². The van der Waals surface area contributed by atoms with Crippen LogP contribution in [-0.2, 0) is 6.54 Å². The number of fused-ring (bicyclic) bond motifs is 1. The molecule has 0 bridgehead atoms. The van der Waals surface area contributed by atoms with Crippen molar-refractivity contribution in [2.24, 2.45) is 0 Å². The number of nitrogens with zero attached hydrogens (tertiary/aromatic N) is 3. The normalized spacial score (nSPS) is 10.9. The first-order valence-electron chi connectivity index (χ1n) is 9.95. The third-order valence-corrected chi connectivity index (χ3v) is 5.12. The van der Waals surface area contributed by atoms with Crippen LogP contribution in [0.5, 0.6) is 0 Å². The predicted molar refractivity (Wildman–Crippen MR) is 123 cm³/mol. The molecule has 2 aromatic carbocycles. The summed E-state index contributed by atoms with van der Waals surface area (Å²) in [4.78, 5) is 16.9. The van der Waals surface area contributed by atoms with Gasteiger partial charge in [-0.15, -0.1) is 5.10 Å². The zero-order chi connectivity index (χ0) is 21.9. The molecule has 0 atom stereocenters. The number of hydrogen-bond acceptors (Lipinski definition) is 5. The molecule has 0 radical (unpaired) electrons. The van der Waals surface area contributed by atoms with Gasteiger partial charge >= 0.3 is 0 Å². The number of rotatable bonds is 6. The molecule has 5 aromatic rings. The number of hydrogen-bond donors (Lipinski definition) is 2. The first kappa shape index (κ1) is 19.8. The Morgan fingerprint density at radius 3 is 2.62 bits per heavy atom. The first-order valence-corrected chi connectivity index (χ1v) is 10.3. The van der Waals surface area contributed by atoms with Crippen LogP contribution in [0.3, 0.4) is 0 Å². The monoisotopic (exact) mass is 443 g/mol. The van der Waals surface area contributed by atoms with Crippen LogP contribution in [0, 0.1) is 0 Å². The highest BCUT2D eigenvalue weighted by molar-refractivity contribution is 6.30. The summed E-state index contributed by atoms with van der Waals surface area (Å²) in [5.41, 5.74) is 3.86. The lowest BCUT2D eigenvalue weighted by Crippen LogP contribution is -2.22. The lowest BCUT2D eigenvalue weighted by atomic mass is 10.1. The highest BCUT2D eigenvalue weighted by Crippen LogP contribution is 2.24. The van der Waals surface area contributed by atoms with E-state index in [0.29, 0.717) is 34.5 Å². The average molecular weight is 444 g/mol. The molecule has 7 nitrogen and oxygen atoms in total. The minimum absolute atomic E-state index is 0.176. The molecular weight excluding hydrogens is 426 g/mol. The fourth-order valence-electron chi connectivity index (χ4n) is 3.34. The van der Waals surface area contributed by atoms with Crippen LogP contribution in [0.2, 0.25) is 5.02 Å². The molecule has 158 valence electrons. The Balaban J connectivity index is 1.32. The molecule has 0 aliphatic carbocycles. The number of amides is 1. The van der Waals surface area contributed by atoms with Crippen LogP contribution in [0.25, 0.3) is 16.9 Å². The molecule has 0 saturated carbocycles. The van der Waals surface area contributed by atoms with Gasteiger partial charge < -0.3 is 15.1 Å². The van der Waals surface area contributed by atoms with Crippen molar-refractivity contribution >= 4 is 34.8 Å². The number of aromatic nitrogens is 3. The van der Waals surface area contributed by atoms with Crippen molar-refractivity contribution in [1.29, 1.82) is 0 Å². The predicted octanol–water partition coefficient (Wildman–Crippen LogP) is 5.32. The maximum Gasteiger partial charge on any atom is 0.251 e. The minimum atomic E-state index is -0.176. The molecule has 0 aliphatic heterocycles. The maximum atomic E-state index is 12.3. The Kier molecular flexibility index (Phi) is 5.31. The number of carbonyl (C=O) groups excluding carboxylic acids is 1. The van der Waals surface area contributed by atoms with Crippen molar-refractivity contribution in [2.75, 3.05) is 5.32 Å². The number of halogens is 1. The van der Waals surface area contributed by atoms with Crippen molar-refractivity contribution in [3.63, 3.8) is 0 Å². The van der Waals surface area contributed by atoms with E-state index in [0.717, 1.165) is 16.9 Å². The molecule has 0 spiro atoms. The van der Waals surface area contributed by atoms with Gasteiger partial charge in [-0.05, 0) is 60.7 Å². The van der Waals surface area contributed by atoms with E-state index >= 15 is 0 Å². The highest BCUT2D eigenvalue weighted by Gasteiger charge is 2.10. The van der Waals surface area contributed by atoms with Crippen LogP contribution in [0.4, 0.5) is 11.6 Å². The van der Waals surface area contributed by atoms with E-state index < -0.39 is 0 Å². The van der Waals surface area contributed by atoms with E-state index in [9.17, 15) is 4.79 Å². The molecule has 1 amide bonds. The molecular formula is C24H18ClN5O2. The van der Waals surface area contributed by atoms with Gasteiger partial charge in [-0.3, -0.25) is 4.79 Å². The van der Waals surface area contributed by atoms with Gasteiger partial charge in [0.25, 0.3) is 5.91 Å². The smallest absolute Gasteiger partial charge is 0.251 e. The quantitative estimate of drug-likeness (QED) is 0.371. The molecule has 5 rings (SSSR count). The van der Waals surface area contributed by atoms with Gasteiger partial charge in [-0.25, -0.2) is 4.52 Å². The van der Waals surface area contributed by atoms with Gasteiger partial charge in [0.05, 0.1) is 18.5 Å². The lowest BCUT2D eigenvalue weighted by Gasteiger charge is -2.06. The number of carbonyl (C=O) groups is 1. The Labute approximate surface area is 188 Å². The fraction of sp³-hybridized carbons (Fsp3) is 0.0417. The largest absolute Gasteiger partial charge is 0.467 e. The topological polar surface area (TPSA) is 84.5 Å². The van der Waals surface area contributed by atoms with Gasteiger partial charge in [0, 0.05) is 21.8 Å². The molecule has 0 aliphatic rings. The van der Waals surface area contributed by atoms with Crippen molar-refractivity contribution < 1.29 is 9.21 Å². The van der Waals surface area contributed by atoms with Gasteiger partial charge in [0.2, 0.25) is 5.95 Å². The number of nitrogens with one attached hydrogen (secondary N) is 2. The van der Waals surface area contributed by atoms with Crippen LogP contribution in [0.1, 0.15) is 16.1 Å². The summed E-state index contributed by atoms with van der Waals surface area (Å²) in [7, 11) is 0. The number of furan rings is 1. The standard InChI is InChI=1S/C24H18ClN5O2/c25-18-5-1-4-17(14-18)21-7-2-8-22-28-24(29-30(21)22)27-19-11-9-16(10-12-19)23(31)26-15-20-6-3-13-32-20/h1-14H,15H2,(H,26,31)(H,27,29). The first-order chi connectivity index (χ1) is 15.7. The van der Waals surface area contributed by atoms with Gasteiger partial charge in [0.15, 0.2) is 5.65 Å². The molecule has 0 fully saturated rings. The summed E-state index contributed by atoms with van der Waals surface area (Å²) in [6.45, 7) is 0.339. The average Bonchev–Trinajstić information content (AvgIpc) is 3.47. The maximum absolute atomic E-state index is 12.3. The second-order valence-electron chi connectivity index (χ2n) is 7.09. The Bertz CT molecular complexity index is 1380. The van der Waals surface area contributed by atoms with E-state index in [1.807, 2.05) is 60.7 Å². The van der Waals surface area contributed by atoms with Crippen LogP contribution in [0.15, 0.2) is 89.5 Å². The second-order valence-corrected chi connectivity index (χ2v) is 7.53. The highest BCUT2D eigenvalue weighted by atomic mass is 35.5. The molecule has 3 heterocycles. The lowest BCUT2D eigenvalue weighted by molar-refractivity contribution is 0.0948. The van der Waals surface area contributed by atoms with Gasteiger partial charge in [-0.1, -0.05) is 29.8 Å².